The summed E-state index contributed by atoms with van der Waals surface area (Å²) >= 11 is 0. The van der Waals surface area contributed by atoms with E-state index in [0.717, 1.165) is 0 Å². The Hall–Kier alpha value is -3.92. The van der Waals surface area contributed by atoms with Crippen molar-refractivity contribution in [2.24, 2.45) is 0 Å². The lowest BCUT2D eigenvalue weighted by Crippen LogP contribution is -2.41. The van der Waals surface area contributed by atoms with Crippen LogP contribution in [0.25, 0.3) is 0 Å². The maximum atomic E-state index is 12.9. The molecule has 3 aromatic rings. The summed E-state index contributed by atoms with van der Waals surface area (Å²) in [7, 11) is -2.17. The number of sulfonamides is 1. The maximum Gasteiger partial charge on any atom is 0.262 e. The number of amides is 1. The van der Waals surface area contributed by atoms with Crippen molar-refractivity contribution in [2.45, 2.75) is 11.0 Å². The molecule has 182 valence electrons. The first-order valence-electron chi connectivity index (χ1n) is 11.1. The van der Waals surface area contributed by atoms with Crippen molar-refractivity contribution in [1.82, 2.24) is 4.90 Å². The second-order valence-electron chi connectivity index (χ2n) is 8.17. The topological polar surface area (TPSA) is 103 Å². The van der Waals surface area contributed by atoms with Gasteiger partial charge in [-0.1, -0.05) is 12.1 Å². The van der Waals surface area contributed by atoms with Crippen molar-refractivity contribution in [2.75, 3.05) is 38.1 Å². The number of nitrogens with zero attached hydrogens (tertiary/aromatic N) is 1. The molecule has 2 aliphatic rings. The summed E-state index contributed by atoms with van der Waals surface area (Å²) in [6.07, 6.45) is -0.295. The first kappa shape index (κ1) is 22.9. The fourth-order valence-electron chi connectivity index (χ4n) is 3.85. The van der Waals surface area contributed by atoms with E-state index in [1.807, 2.05) is 24.3 Å². The van der Waals surface area contributed by atoms with Crippen molar-refractivity contribution in [3.8, 4) is 23.0 Å². The van der Waals surface area contributed by atoms with E-state index in [-0.39, 0.29) is 16.9 Å². The molecule has 0 unspecified atom stereocenters. The third-order valence-electron chi connectivity index (χ3n) is 5.60. The number of likely N-dealkylation sites (N-methyl/N-ethyl adjacent to an activating group) is 1. The summed E-state index contributed by atoms with van der Waals surface area (Å²) in [6, 6.07) is 18.1. The monoisotopic (exact) mass is 496 g/mol. The number of rotatable bonds is 6. The van der Waals surface area contributed by atoms with Gasteiger partial charge in [0, 0.05) is 24.4 Å². The second-order valence-corrected chi connectivity index (χ2v) is 9.85. The Kier molecular flexibility index (Phi) is 6.12. The van der Waals surface area contributed by atoms with Gasteiger partial charge in [-0.05, 0) is 48.5 Å². The van der Waals surface area contributed by atoms with Crippen LogP contribution in [0.15, 0.2) is 71.6 Å². The van der Waals surface area contributed by atoms with Crippen molar-refractivity contribution in [3.63, 3.8) is 0 Å². The number of hydrogen-bond donors (Lipinski definition) is 1. The molecule has 1 amide bonds. The van der Waals surface area contributed by atoms with E-state index in [4.69, 9.17) is 18.9 Å². The van der Waals surface area contributed by atoms with E-state index in [2.05, 4.69) is 4.72 Å². The van der Waals surface area contributed by atoms with Crippen molar-refractivity contribution < 1.29 is 32.2 Å². The fourth-order valence-corrected chi connectivity index (χ4v) is 4.92. The second kappa shape index (κ2) is 9.38. The zero-order chi connectivity index (χ0) is 24.4. The Bertz CT molecular complexity index is 1340. The largest absolute Gasteiger partial charge is 0.486 e. The minimum atomic E-state index is -3.85. The smallest absolute Gasteiger partial charge is 0.262 e. The van der Waals surface area contributed by atoms with Crippen molar-refractivity contribution in [3.05, 3.63) is 72.3 Å². The first-order valence-corrected chi connectivity index (χ1v) is 12.5. The van der Waals surface area contributed by atoms with Crippen LogP contribution in [-0.2, 0) is 10.0 Å². The molecule has 0 spiro atoms. The van der Waals surface area contributed by atoms with Crippen LogP contribution in [-0.4, -0.2) is 58.7 Å². The summed E-state index contributed by atoms with van der Waals surface area (Å²) in [5.74, 6) is 2.02. The van der Waals surface area contributed by atoms with Crippen LogP contribution in [0.3, 0.4) is 0 Å². The van der Waals surface area contributed by atoms with Gasteiger partial charge in [0.25, 0.3) is 15.9 Å². The van der Waals surface area contributed by atoms with Crippen LogP contribution in [0.5, 0.6) is 23.0 Å². The molecule has 1 atom stereocenters. The van der Waals surface area contributed by atoms with Crippen LogP contribution in [0.2, 0.25) is 0 Å². The predicted molar refractivity (Wildman–Crippen MR) is 128 cm³/mol. The van der Waals surface area contributed by atoms with Crippen LogP contribution in [0, 0.1) is 0 Å². The van der Waals surface area contributed by atoms with Gasteiger partial charge in [-0.2, -0.15) is 0 Å². The molecule has 10 heteroatoms. The molecule has 2 aliphatic heterocycles. The standard InChI is InChI=1S/C25H24N2O7S/c1-27(15-19-16-33-21-4-2-3-5-23(21)34-19)25(28)17-6-8-18(9-7-17)26-35(29,30)20-10-11-22-24(14-20)32-13-12-31-22/h2-11,14,19,26H,12-13,15-16H2,1H3/t19-/m0/s1. The number of para-hydroxylation sites is 2. The van der Waals surface area contributed by atoms with E-state index >= 15 is 0 Å². The quantitative estimate of drug-likeness (QED) is 0.559. The highest BCUT2D eigenvalue weighted by Crippen LogP contribution is 2.33. The Morgan fingerprint density at radius 2 is 1.60 bits per heavy atom. The van der Waals surface area contributed by atoms with E-state index < -0.39 is 10.0 Å². The highest BCUT2D eigenvalue weighted by Gasteiger charge is 2.24. The predicted octanol–water partition coefficient (Wildman–Crippen LogP) is 3.17. The number of nitrogens with one attached hydrogen (secondary N) is 1. The highest BCUT2D eigenvalue weighted by molar-refractivity contribution is 7.92. The zero-order valence-corrected chi connectivity index (χ0v) is 19.8. The molecule has 0 bridgehead atoms. The SMILES string of the molecule is CN(C[C@H]1COc2ccccc2O1)C(=O)c1ccc(NS(=O)(=O)c2ccc3c(c2)OCCO3)cc1. The van der Waals surface area contributed by atoms with Gasteiger partial charge >= 0.3 is 0 Å². The molecular formula is C25H24N2O7S. The molecule has 2 heterocycles. The van der Waals surface area contributed by atoms with Gasteiger partial charge in [0.15, 0.2) is 29.1 Å². The van der Waals surface area contributed by atoms with Crippen LogP contribution < -0.4 is 23.7 Å². The summed E-state index contributed by atoms with van der Waals surface area (Å²) in [6.45, 7) is 1.47. The van der Waals surface area contributed by atoms with Crippen LogP contribution in [0.1, 0.15) is 10.4 Å². The molecule has 0 fully saturated rings. The number of carbonyl (C=O) groups is 1. The summed E-state index contributed by atoms with van der Waals surface area (Å²) < 4.78 is 50.7. The number of hydrogen-bond acceptors (Lipinski definition) is 7. The van der Waals surface area contributed by atoms with Crippen LogP contribution >= 0.6 is 0 Å². The third kappa shape index (κ3) is 4.97. The summed E-state index contributed by atoms with van der Waals surface area (Å²) in [4.78, 5) is 14.5. The molecule has 9 nitrogen and oxygen atoms in total. The molecule has 1 N–H and O–H groups in total. The normalized spacial score (nSPS) is 16.3. The Balaban J connectivity index is 1.22. The van der Waals surface area contributed by atoms with E-state index in [1.165, 1.54) is 12.1 Å². The first-order chi connectivity index (χ1) is 16.9. The average molecular weight is 497 g/mol. The molecule has 0 aromatic heterocycles. The van der Waals surface area contributed by atoms with Gasteiger partial charge in [-0.25, -0.2) is 8.42 Å². The van der Waals surface area contributed by atoms with Gasteiger partial charge in [0.2, 0.25) is 0 Å². The van der Waals surface area contributed by atoms with Gasteiger partial charge in [-0.3, -0.25) is 9.52 Å². The molecule has 5 rings (SSSR count). The number of anilines is 1. The Morgan fingerprint density at radius 3 is 2.37 bits per heavy atom. The fraction of sp³-hybridized carbons (Fsp3) is 0.240. The van der Waals surface area contributed by atoms with Gasteiger partial charge in [0.1, 0.15) is 19.8 Å². The van der Waals surface area contributed by atoms with E-state index in [9.17, 15) is 13.2 Å². The average Bonchev–Trinajstić information content (AvgIpc) is 2.88. The lowest BCUT2D eigenvalue weighted by atomic mass is 10.2. The molecule has 0 radical (unpaired) electrons. The molecular weight excluding hydrogens is 472 g/mol. The molecule has 35 heavy (non-hydrogen) atoms. The minimum Gasteiger partial charge on any atom is -0.486 e. The van der Waals surface area contributed by atoms with Gasteiger partial charge < -0.3 is 23.8 Å². The van der Waals surface area contributed by atoms with Crippen LogP contribution in [0.4, 0.5) is 5.69 Å². The number of benzene rings is 3. The Labute approximate surface area is 203 Å². The molecule has 0 aliphatic carbocycles. The number of ether oxygens (including phenoxy) is 4. The van der Waals surface area contributed by atoms with Crippen molar-refractivity contribution in [1.29, 1.82) is 0 Å². The number of fused-ring (bicyclic) bond motifs is 2. The summed E-state index contributed by atoms with van der Waals surface area (Å²) in [5.41, 5.74) is 0.756. The maximum absolute atomic E-state index is 12.9. The molecule has 3 aromatic carbocycles. The number of carbonyl (C=O) groups excluding carboxylic acids is 1. The Morgan fingerprint density at radius 1 is 0.914 bits per heavy atom. The minimum absolute atomic E-state index is 0.0536. The molecule has 0 saturated carbocycles. The lowest BCUT2D eigenvalue weighted by Gasteiger charge is -2.29. The molecule has 0 saturated heterocycles. The van der Waals surface area contributed by atoms with E-state index in [1.54, 1.807) is 42.3 Å². The highest BCUT2D eigenvalue weighted by atomic mass is 32.2. The van der Waals surface area contributed by atoms with Crippen molar-refractivity contribution >= 4 is 21.6 Å². The lowest BCUT2D eigenvalue weighted by molar-refractivity contribution is 0.0521. The third-order valence-corrected chi connectivity index (χ3v) is 6.98. The summed E-state index contributed by atoms with van der Waals surface area (Å²) in [5, 5.41) is 0. The van der Waals surface area contributed by atoms with Gasteiger partial charge in [-0.15, -0.1) is 0 Å². The van der Waals surface area contributed by atoms with Gasteiger partial charge in [0.05, 0.1) is 11.4 Å². The van der Waals surface area contributed by atoms with E-state index in [0.29, 0.717) is 60.6 Å². The zero-order valence-electron chi connectivity index (χ0n) is 19.0.